The fraction of sp³-hybridized carbons (Fsp3) is 0.647. The Hall–Kier alpha value is -0.261. The molecule has 0 nitrogen and oxygen atoms in total. The Morgan fingerprint density at radius 2 is 0.944 bits per heavy atom. The van der Waals surface area contributed by atoms with Crippen molar-refractivity contribution in [1.82, 2.24) is 0 Å². The van der Waals surface area contributed by atoms with Crippen LogP contribution in [-0.2, 0) is 6.51 Å². The summed E-state index contributed by atoms with van der Waals surface area (Å²) < 4.78 is 0. The molecule has 18 heavy (non-hydrogen) atoms. The first kappa shape index (κ1) is 6.95. The number of aryl methyl sites for hydroxylation is 1. The third-order valence-corrected chi connectivity index (χ3v) is 57.4. The summed E-state index contributed by atoms with van der Waals surface area (Å²) in [5.74, 6) is 0. The van der Waals surface area contributed by atoms with E-state index >= 15 is 0 Å². The third-order valence-electron chi connectivity index (χ3n) is 15.5. The van der Waals surface area contributed by atoms with Gasteiger partial charge in [0.1, 0.15) is 0 Å². The molecule has 1 aromatic rings. The van der Waals surface area contributed by atoms with Gasteiger partial charge in [-0.05, 0) is 6.92 Å². The van der Waals surface area contributed by atoms with Crippen LogP contribution in [0.5, 0.6) is 0 Å². The van der Waals surface area contributed by atoms with E-state index in [-0.39, 0.29) is 0 Å². The van der Waals surface area contributed by atoms with Crippen LogP contribution >= 0.6 is 0 Å². The Morgan fingerprint density at radius 3 is 1.06 bits per heavy atom. The summed E-state index contributed by atoms with van der Waals surface area (Å²) in [6.45, 7) is -0.200. The van der Waals surface area contributed by atoms with Gasteiger partial charge in [0.15, 0.2) is 0 Å². The van der Waals surface area contributed by atoms with Crippen molar-refractivity contribution in [3.05, 3.63) is 35.9 Å². The quantitative estimate of drug-likeness (QED) is 0.559. The molecular formula is C17H18Fe. The summed E-state index contributed by atoms with van der Waals surface area (Å²) in [6.07, 6.45) is 0. The molecule has 10 saturated heterocycles. The fourth-order valence-corrected chi connectivity index (χ4v) is 88.5. The Morgan fingerprint density at radius 1 is 0.611 bits per heavy atom. The van der Waals surface area contributed by atoms with Crippen LogP contribution in [0.1, 0.15) is 5.56 Å². The Balaban J connectivity index is 0.0000000857. The van der Waals surface area contributed by atoms with Crippen molar-refractivity contribution in [1.29, 1.82) is 0 Å². The van der Waals surface area contributed by atoms with Crippen molar-refractivity contribution in [2.75, 3.05) is 0 Å². The van der Waals surface area contributed by atoms with Gasteiger partial charge < -0.3 is 0 Å². The van der Waals surface area contributed by atoms with Crippen LogP contribution in [0.3, 0.4) is 0 Å². The van der Waals surface area contributed by atoms with Crippen molar-refractivity contribution in [2.45, 2.75) is 55.1 Å². The van der Waals surface area contributed by atoms with E-state index in [0.29, 0.717) is 0 Å². The van der Waals surface area contributed by atoms with E-state index in [4.69, 9.17) is 0 Å². The molecule has 1 aromatic carbocycles. The second-order valence-corrected chi connectivity index (χ2v) is 35.2. The summed E-state index contributed by atoms with van der Waals surface area (Å²) in [7, 11) is 0. The molecule has 10 heterocycles. The van der Waals surface area contributed by atoms with Crippen LogP contribution in [0, 0.1) is 6.92 Å². The molecule has 0 amide bonds. The van der Waals surface area contributed by atoms with E-state index in [0.717, 1.165) is 0 Å². The summed E-state index contributed by atoms with van der Waals surface area (Å²) in [4.78, 5) is 15.9. The van der Waals surface area contributed by atoms with Crippen LogP contribution in [0.2, 0.25) is 48.2 Å². The van der Waals surface area contributed by atoms with Gasteiger partial charge in [-0.1, -0.05) is 35.9 Å². The van der Waals surface area contributed by atoms with Crippen molar-refractivity contribution in [3.63, 3.8) is 0 Å². The normalized spacial score (nSPS) is 108. The van der Waals surface area contributed by atoms with E-state index in [1.807, 2.05) is 18.2 Å². The molecule has 1 spiro atoms. The Labute approximate surface area is 97.4 Å². The van der Waals surface area contributed by atoms with E-state index in [2.05, 4.69) is 19.1 Å². The van der Waals surface area contributed by atoms with Gasteiger partial charge in [-0.25, -0.2) is 0 Å². The zero-order valence-corrected chi connectivity index (χ0v) is 11.6. The van der Waals surface area contributed by atoms with Gasteiger partial charge >= 0.3 is 54.7 Å². The van der Waals surface area contributed by atoms with E-state index in [9.17, 15) is 0 Å². The van der Waals surface area contributed by atoms with Gasteiger partial charge in [-0.2, -0.15) is 0 Å². The molecule has 11 rings (SSSR count). The molecule has 0 bridgehead atoms. The predicted octanol–water partition coefficient (Wildman–Crippen LogP) is 5.37. The second-order valence-electron chi connectivity index (χ2n) is 11.2. The molecule has 0 N–H and O–H groups in total. The maximum atomic E-state index is 2.08. The van der Waals surface area contributed by atoms with Gasteiger partial charge in [0.2, 0.25) is 0 Å². The van der Waals surface area contributed by atoms with Gasteiger partial charge in [0.05, 0.1) is 0 Å². The molecule has 10 fully saturated rings. The second kappa shape index (κ2) is 0.606. The first-order valence-corrected chi connectivity index (χ1v) is 14.2. The molecule has 0 saturated carbocycles. The van der Waals surface area contributed by atoms with Crippen LogP contribution < -0.4 is 0 Å². The summed E-state index contributed by atoms with van der Waals surface area (Å²) in [6, 6.07) is 10.3. The van der Waals surface area contributed by atoms with E-state index in [1.54, 1.807) is 48.2 Å². The average molecular weight is 278 g/mol. The monoisotopic (exact) mass is 278 g/mol. The molecule has 10 aliphatic heterocycles. The van der Waals surface area contributed by atoms with Gasteiger partial charge in [0, 0.05) is 0 Å². The summed E-state index contributed by atoms with van der Waals surface area (Å²) in [5.41, 5.74) is 1.32. The van der Waals surface area contributed by atoms with Crippen molar-refractivity contribution in [2.24, 2.45) is 0 Å². The predicted molar refractivity (Wildman–Crippen MR) is 68.7 cm³/mol. The summed E-state index contributed by atoms with van der Waals surface area (Å²) >= 11 is 0. The number of fused-ring (bicyclic) bond motifs is 10. The van der Waals surface area contributed by atoms with Crippen LogP contribution in [0.4, 0.5) is 0 Å². The van der Waals surface area contributed by atoms with E-state index in [1.165, 1.54) is 5.56 Å². The molecule has 94 valence electrons. The van der Waals surface area contributed by atoms with Gasteiger partial charge in [-0.15, -0.1) is 0 Å². The number of rotatable bonds is 0. The first-order chi connectivity index (χ1) is 8.55. The van der Waals surface area contributed by atoms with Crippen molar-refractivity contribution >= 4 is 0 Å². The number of hydrogen-bond acceptors (Lipinski definition) is 0. The molecule has 0 aliphatic carbocycles. The SMILES string of the molecule is Cc1ccccc1.[CH]12[CH]3[CH]4[CH]5[CH]1[Fe]23451678[CH]2[CH]1[CH]6[CH]7[CH]28. The van der Waals surface area contributed by atoms with E-state index < -0.39 is 6.51 Å². The van der Waals surface area contributed by atoms with Crippen LogP contribution in [0.25, 0.3) is 0 Å². The van der Waals surface area contributed by atoms with Crippen molar-refractivity contribution in [3.8, 4) is 0 Å². The van der Waals surface area contributed by atoms with Gasteiger partial charge in [0.25, 0.3) is 0 Å². The minimum absolute atomic E-state index is 1.32. The topological polar surface area (TPSA) is 0 Å². The zero-order valence-electron chi connectivity index (χ0n) is 10.5. The molecular weight excluding hydrogens is 260 g/mol. The Kier molecular flexibility index (Phi) is 0.234. The molecule has 0 radical (unpaired) electrons. The van der Waals surface area contributed by atoms with Crippen LogP contribution in [-0.4, -0.2) is 0 Å². The first-order valence-electron chi connectivity index (χ1n) is 7.79. The minimum atomic E-state index is -2.28. The third kappa shape index (κ3) is 0.0792. The molecule has 0 unspecified atom stereocenters. The average Bonchev–Trinajstić information content (AvgIpc) is 3.33. The fourth-order valence-electron chi connectivity index (χ4n) is 16.4. The summed E-state index contributed by atoms with van der Waals surface area (Å²) in [5, 5.41) is 0. The zero-order chi connectivity index (χ0) is 11.2. The van der Waals surface area contributed by atoms with Crippen molar-refractivity contribution < 1.29 is 6.51 Å². The standard InChI is InChI=1S/C7H8.2C5H5.Fe/c1-7-5-3-2-4-6-7;2*1-2-4-5-3-1;/h2-6H,1H3;2*1-5H;. The van der Waals surface area contributed by atoms with Gasteiger partial charge in [-0.3, -0.25) is 0 Å². The molecule has 0 atom stereocenters. The molecule has 10 aliphatic rings. The number of hydrogen-bond donors (Lipinski definition) is 0. The molecule has 0 aromatic heterocycles. The maximum absolute atomic E-state index is 2.28. The van der Waals surface area contributed by atoms with Crippen LogP contribution in [0.15, 0.2) is 30.3 Å². The molecule has 1 heteroatoms. The Bertz CT molecular complexity index is 838. The number of benzene rings is 1.